The minimum absolute atomic E-state index is 0.0743. The monoisotopic (exact) mass is 251 g/mol. The molecule has 0 aliphatic carbocycles. The van der Waals surface area contributed by atoms with E-state index in [2.05, 4.69) is 25.9 Å². The Morgan fingerprint density at radius 1 is 1.36 bits per heavy atom. The van der Waals surface area contributed by atoms with E-state index in [1.54, 1.807) is 6.33 Å². The molecule has 1 aromatic carbocycles. The molecule has 14 heavy (non-hydrogen) atoms. The van der Waals surface area contributed by atoms with Gasteiger partial charge in [-0.2, -0.15) is 0 Å². The van der Waals surface area contributed by atoms with Gasteiger partial charge in [0.15, 0.2) is 0 Å². The van der Waals surface area contributed by atoms with Crippen LogP contribution in [0.2, 0.25) is 0 Å². The Morgan fingerprint density at radius 3 is 2.86 bits per heavy atom. The molecule has 0 aliphatic heterocycles. The van der Waals surface area contributed by atoms with Crippen molar-refractivity contribution in [2.24, 2.45) is 5.73 Å². The second-order valence-electron chi connectivity index (χ2n) is 3.18. The van der Waals surface area contributed by atoms with E-state index in [-0.39, 0.29) is 6.04 Å². The van der Waals surface area contributed by atoms with Crippen molar-refractivity contribution in [1.82, 2.24) is 9.97 Å². The first kappa shape index (κ1) is 9.55. The number of hydrogen-bond donors (Lipinski definition) is 1. The number of hydrogen-bond acceptors (Lipinski definition) is 3. The molecule has 2 N–H and O–H groups in total. The van der Waals surface area contributed by atoms with Crippen molar-refractivity contribution in [3.8, 4) is 0 Å². The van der Waals surface area contributed by atoms with E-state index < -0.39 is 0 Å². The van der Waals surface area contributed by atoms with E-state index in [9.17, 15) is 0 Å². The lowest BCUT2D eigenvalue weighted by Crippen LogP contribution is -2.08. The zero-order valence-corrected chi connectivity index (χ0v) is 9.32. The Hall–Kier alpha value is -1.00. The molecule has 0 amide bonds. The summed E-state index contributed by atoms with van der Waals surface area (Å²) in [7, 11) is 0. The van der Waals surface area contributed by atoms with Crippen molar-refractivity contribution < 1.29 is 0 Å². The van der Waals surface area contributed by atoms with Gasteiger partial charge in [-0.25, -0.2) is 9.97 Å². The molecule has 2 aromatic rings. The number of benzene rings is 1. The van der Waals surface area contributed by atoms with Crippen LogP contribution in [-0.4, -0.2) is 9.97 Å². The SMILES string of the molecule is CC(N)c1ncnc2c(Br)cccc12. The van der Waals surface area contributed by atoms with Crippen LogP contribution in [0, 0.1) is 0 Å². The Labute approximate surface area is 90.5 Å². The third-order valence-corrected chi connectivity index (χ3v) is 2.72. The average molecular weight is 252 g/mol. The van der Waals surface area contributed by atoms with Crippen LogP contribution in [0.5, 0.6) is 0 Å². The van der Waals surface area contributed by atoms with Gasteiger partial charge in [0.25, 0.3) is 0 Å². The van der Waals surface area contributed by atoms with Crippen molar-refractivity contribution in [3.63, 3.8) is 0 Å². The van der Waals surface area contributed by atoms with Gasteiger partial charge in [-0.1, -0.05) is 12.1 Å². The van der Waals surface area contributed by atoms with Gasteiger partial charge in [-0.3, -0.25) is 0 Å². The van der Waals surface area contributed by atoms with Crippen LogP contribution in [-0.2, 0) is 0 Å². The first-order chi connectivity index (χ1) is 6.70. The van der Waals surface area contributed by atoms with Crippen molar-refractivity contribution in [1.29, 1.82) is 0 Å². The van der Waals surface area contributed by atoms with Crippen LogP contribution in [0.25, 0.3) is 10.9 Å². The van der Waals surface area contributed by atoms with Crippen molar-refractivity contribution >= 4 is 26.8 Å². The Bertz CT molecular complexity index is 468. The molecule has 1 heterocycles. The van der Waals surface area contributed by atoms with Crippen molar-refractivity contribution in [3.05, 3.63) is 34.7 Å². The van der Waals surface area contributed by atoms with Crippen molar-refractivity contribution in [2.45, 2.75) is 13.0 Å². The lowest BCUT2D eigenvalue weighted by molar-refractivity contribution is 0.787. The predicted molar refractivity (Wildman–Crippen MR) is 59.8 cm³/mol. The molecule has 0 bridgehead atoms. The maximum atomic E-state index is 5.82. The summed E-state index contributed by atoms with van der Waals surface area (Å²) in [6.07, 6.45) is 1.55. The van der Waals surface area contributed by atoms with Crippen LogP contribution < -0.4 is 5.73 Å². The second kappa shape index (κ2) is 3.63. The van der Waals surface area contributed by atoms with Crippen LogP contribution in [0.3, 0.4) is 0 Å². The van der Waals surface area contributed by atoms with Gasteiger partial charge in [0.05, 0.1) is 11.2 Å². The molecule has 3 nitrogen and oxygen atoms in total. The van der Waals surface area contributed by atoms with Crippen LogP contribution in [0.1, 0.15) is 18.7 Å². The third-order valence-electron chi connectivity index (χ3n) is 2.08. The maximum absolute atomic E-state index is 5.82. The Balaban J connectivity index is 2.81. The quantitative estimate of drug-likeness (QED) is 0.847. The first-order valence-electron chi connectivity index (χ1n) is 4.35. The average Bonchev–Trinajstić information content (AvgIpc) is 2.17. The number of halogens is 1. The minimum Gasteiger partial charge on any atom is -0.323 e. The molecule has 0 aliphatic rings. The minimum atomic E-state index is -0.0743. The molecule has 4 heteroatoms. The van der Waals surface area contributed by atoms with E-state index in [1.807, 2.05) is 25.1 Å². The zero-order chi connectivity index (χ0) is 10.1. The summed E-state index contributed by atoms with van der Waals surface area (Å²) < 4.78 is 0.972. The third kappa shape index (κ3) is 1.51. The Morgan fingerprint density at radius 2 is 2.14 bits per heavy atom. The lowest BCUT2D eigenvalue weighted by Gasteiger charge is -2.08. The topological polar surface area (TPSA) is 51.8 Å². The van der Waals surface area contributed by atoms with E-state index >= 15 is 0 Å². The first-order valence-corrected chi connectivity index (χ1v) is 5.14. The molecule has 0 saturated heterocycles. The molecule has 0 radical (unpaired) electrons. The molecule has 1 aromatic heterocycles. The van der Waals surface area contributed by atoms with Crippen LogP contribution >= 0.6 is 15.9 Å². The number of rotatable bonds is 1. The highest BCUT2D eigenvalue weighted by Gasteiger charge is 2.08. The normalized spacial score (nSPS) is 13.1. The van der Waals surface area contributed by atoms with Gasteiger partial charge < -0.3 is 5.73 Å². The second-order valence-corrected chi connectivity index (χ2v) is 4.04. The van der Waals surface area contributed by atoms with Crippen LogP contribution in [0.4, 0.5) is 0 Å². The van der Waals surface area contributed by atoms with Gasteiger partial charge in [-0.15, -0.1) is 0 Å². The smallest absolute Gasteiger partial charge is 0.116 e. The summed E-state index contributed by atoms with van der Waals surface area (Å²) in [6, 6.07) is 5.83. The van der Waals surface area contributed by atoms with Gasteiger partial charge in [0, 0.05) is 15.9 Å². The van der Waals surface area contributed by atoms with E-state index in [1.165, 1.54) is 0 Å². The standard InChI is InChI=1S/C10H10BrN3/c1-6(12)9-7-3-2-4-8(11)10(7)14-5-13-9/h2-6H,12H2,1H3. The molecule has 0 fully saturated rings. The van der Waals surface area contributed by atoms with E-state index in [0.717, 1.165) is 21.1 Å². The summed E-state index contributed by atoms with van der Waals surface area (Å²) in [4.78, 5) is 8.40. The Kier molecular flexibility index (Phi) is 2.48. The lowest BCUT2D eigenvalue weighted by atomic mass is 10.1. The van der Waals surface area contributed by atoms with Gasteiger partial charge >= 0.3 is 0 Å². The molecular formula is C10H10BrN3. The van der Waals surface area contributed by atoms with Crippen molar-refractivity contribution in [2.75, 3.05) is 0 Å². The number of aromatic nitrogens is 2. The zero-order valence-electron chi connectivity index (χ0n) is 7.74. The van der Waals surface area contributed by atoms with Crippen LogP contribution in [0.15, 0.2) is 29.0 Å². The summed E-state index contributed by atoms with van der Waals surface area (Å²) in [5, 5.41) is 1.01. The number of nitrogens with zero attached hydrogens (tertiary/aromatic N) is 2. The highest BCUT2D eigenvalue weighted by Crippen LogP contribution is 2.25. The molecular weight excluding hydrogens is 242 g/mol. The van der Waals surface area contributed by atoms with Gasteiger partial charge in [0.1, 0.15) is 6.33 Å². The molecule has 1 atom stereocenters. The summed E-state index contributed by atoms with van der Waals surface area (Å²) >= 11 is 3.45. The maximum Gasteiger partial charge on any atom is 0.116 e. The summed E-state index contributed by atoms with van der Waals surface area (Å²) in [6.45, 7) is 1.92. The summed E-state index contributed by atoms with van der Waals surface area (Å²) in [5.41, 5.74) is 7.62. The summed E-state index contributed by atoms with van der Waals surface area (Å²) in [5.74, 6) is 0. The van der Waals surface area contributed by atoms with E-state index in [0.29, 0.717) is 0 Å². The molecule has 72 valence electrons. The largest absolute Gasteiger partial charge is 0.323 e. The molecule has 0 saturated carbocycles. The molecule has 2 rings (SSSR count). The predicted octanol–water partition coefficient (Wildman–Crippen LogP) is 2.41. The fourth-order valence-corrected chi connectivity index (χ4v) is 1.90. The highest BCUT2D eigenvalue weighted by atomic mass is 79.9. The number of fused-ring (bicyclic) bond motifs is 1. The fraction of sp³-hybridized carbons (Fsp3) is 0.200. The fourth-order valence-electron chi connectivity index (χ4n) is 1.43. The van der Waals surface area contributed by atoms with Gasteiger partial charge in [0.2, 0.25) is 0 Å². The number of nitrogens with two attached hydrogens (primary N) is 1. The van der Waals surface area contributed by atoms with E-state index in [4.69, 9.17) is 5.73 Å². The molecule has 0 spiro atoms. The highest BCUT2D eigenvalue weighted by molar-refractivity contribution is 9.10. The number of para-hydroxylation sites is 1. The van der Waals surface area contributed by atoms with Gasteiger partial charge in [-0.05, 0) is 28.9 Å². The molecule has 1 unspecified atom stereocenters.